The molecule has 0 N–H and O–H groups in total. The smallest absolute Gasteiger partial charge is 0.255 e. The Morgan fingerprint density at radius 3 is 2.50 bits per heavy atom. The van der Waals surface area contributed by atoms with Gasteiger partial charge in [-0.25, -0.2) is 4.98 Å². The highest BCUT2D eigenvalue weighted by molar-refractivity contribution is 7.14. The summed E-state index contributed by atoms with van der Waals surface area (Å²) in [6.07, 6.45) is 1.69. The van der Waals surface area contributed by atoms with Crippen LogP contribution in [0.25, 0.3) is 11.3 Å². The van der Waals surface area contributed by atoms with Crippen LogP contribution in [-0.2, 0) is 16.1 Å². The van der Waals surface area contributed by atoms with Gasteiger partial charge in [0, 0.05) is 17.5 Å². The average Bonchev–Trinajstić information content (AvgIpc) is 3.17. The van der Waals surface area contributed by atoms with Crippen molar-refractivity contribution in [2.75, 3.05) is 18.1 Å². The molecular weight excluding hydrogens is 344 g/mol. The lowest BCUT2D eigenvalue weighted by Gasteiger charge is -2.18. The van der Waals surface area contributed by atoms with Gasteiger partial charge in [-0.05, 0) is 5.56 Å². The first kappa shape index (κ1) is 18.0. The van der Waals surface area contributed by atoms with E-state index in [-0.39, 0.29) is 12.5 Å². The summed E-state index contributed by atoms with van der Waals surface area (Å²) in [6.45, 7) is 4.55. The topological polar surface area (TPSA) is 42.4 Å². The van der Waals surface area contributed by atoms with Crippen LogP contribution in [0.4, 0.5) is 5.13 Å². The van der Waals surface area contributed by atoms with Crippen LogP contribution in [0.2, 0.25) is 0 Å². The minimum Gasteiger partial charge on any atom is -0.367 e. The molecule has 1 heterocycles. The number of carbonyl (C=O) groups excluding carboxylic acids is 1. The molecule has 0 aliphatic carbocycles. The molecule has 4 nitrogen and oxygen atoms in total. The van der Waals surface area contributed by atoms with Crippen molar-refractivity contribution in [1.82, 2.24) is 4.98 Å². The number of carbonyl (C=O) groups is 1. The fourth-order valence-corrected chi connectivity index (χ4v) is 3.31. The van der Waals surface area contributed by atoms with E-state index >= 15 is 0 Å². The maximum Gasteiger partial charge on any atom is 0.255 e. The third-order valence-corrected chi connectivity index (χ3v) is 4.61. The van der Waals surface area contributed by atoms with Gasteiger partial charge in [-0.2, -0.15) is 0 Å². The first-order chi connectivity index (χ1) is 12.8. The van der Waals surface area contributed by atoms with Crippen LogP contribution in [0.3, 0.4) is 0 Å². The Morgan fingerprint density at radius 2 is 1.81 bits per heavy atom. The van der Waals surface area contributed by atoms with E-state index in [1.807, 2.05) is 66.0 Å². The van der Waals surface area contributed by atoms with Crippen LogP contribution < -0.4 is 4.90 Å². The third kappa shape index (κ3) is 4.65. The van der Waals surface area contributed by atoms with Gasteiger partial charge in [0.2, 0.25) is 0 Å². The number of amides is 1. The first-order valence-corrected chi connectivity index (χ1v) is 9.20. The highest BCUT2D eigenvalue weighted by Crippen LogP contribution is 2.27. The Labute approximate surface area is 157 Å². The van der Waals surface area contributed by atoms with Crippen molar-refractivity contribution in [3.05, 3.63) is 84.3 Å². The second kappa shape index (κ2) is 9.08. The molecule has 0 aliphatic rings. The quantitative estimate of drug-likeness (QED) is 0.551. The Hall–Kier alpha value is -2.76. The second-order valence-electron chi connectivity index (χ2n) is 5.65. The molecule has 0 bridgehead atoms. The molecule has 0 spiro atoms. The number of hydrogen-bond acceptors (Lipinski definition) is 4. The maximum atomic E-state index is 12.6. The van der Waals surface area contributed by atoms with E-state index in [2.05, 4.69) is 11.6 Å². The molecule has 0 saturated carbocycles. The van der Waals surface area contributed by atoms with Gasteiger partial charge in [0.25, 0.3) is 5.91 Å². The van der Waals surface area contributed by atoms with Crippen molar-refractivity contribution in [2.45, 2.75) is 6.61 Å². The first-order valence-electron chi connectivity index (χ1n) is 8.32. The van der Waals surface area contributed by atoms with E-state index in [1.54, 1.807) is 11.0 Å². The molecule has 0 saturated heterocycles. The van der Waals surface area contributed by atoms with Gasteiger partial charge in [-0.3, -0.25) is 9.69 Å². The summed E-state index contributed by atoms with van der Waals surface area (Å²) in [6, 6.07) is 19.7. The number of aromatic nitrogens is 1. The normalized spacial score (nSPS) is 10.5. The van der Waals surface area contributed by atoms with E-state index in [9.17, 15) is 4.79 Å². The van der Waals surface area contributed by atoms with Crippen LogP contribution in [0, 0.1) is 0 Å². The number of nitrogens with zero attached hydrogens (tertiary/aromatic N) is 2. The number of rotatable bonds is 8. The Morgan fingerprint density at radius 1 is 1.12 bits per heavy atom. The molecule has 3 aromatic rings. The fourth-order valence-electron chi connectivity index (χ4n) is 2.45. The van der Waals surface area contributed by atoms with Gasteiger partial charge in [-0.15, -0.1) is 17.9 Å². The zero-order chi connectivity index (χ0) is 18.2. The number of anilines is 1. The summed E-state index contributed by atoms with van der Waals surface area (Å²) in [5.41, 5.74) is 2.93. The SMILES string of the molecule is C=CCN(C(=O)COCc1ccccc1)c1nc(-c2ccccc2)cs1. The Bertz CT molecular complexity index is 847. The second-order valence-corrected chi connectivity index (χ2v) is 6.49. The Balaban J connectivity index is 1.65. The molecule has 1 aromatic heterocycles. The van der Waals surface area contributed by atoms with Gasteiger partial charge in [0.1, 0.15) is 6.61 Å². The molecule has 1 amide bonds. The number of ether oxygens (including phenoxy) is 1. The maximum absolute atomic E-state index is 12.6. The summed E-state index contributed by atoms with van der Waals surface area (Å²) in [4.78, 5) is 18.8. The van der Waals surface area contributed by atoms with E-state index in [0.29, 0.717) is 18.3 Å². The van der Waals surface area contributed by atoms with Crippen molar-refractivity contribution in [1.29, 1.82) is 0 Å². The molecular formula is C21H20N2O2S. The highest BCUT2D eigenvalue weighted by atomic mass is 32.1. The molecule has 2 aromatic carbocycles. The molecule has 0 aliphatic heterocycles. The zero-order valence-corrected chi connectivity index (χ0v) is 15.2. The van der Waals surface area contributed by atoms with Crippen LogP contribution in [0.5, 0.6) is 0 Å². The van der Waals surface area contributed by atoms with Crippen molar-refractivity contribution in [3.63, 3.8) is 0 Å². The van der Waals surface area contributed by atoms with Gasteiger partial charge in [0.15, 0.2) is 5.13 Å². The summed E-state index contributed by atoms with van der Waals surface area (Å²) in [7, 11) is 0. The lowest BCUT2D eigenvalue weighted by molar-refractivity contribution is -0.123. The van der Waals surface area contributed by atoms with Gasteiger partial charge >= 0.3 is 0 Å². The molecule has 5 heteroatoms. The minimum atomic E-state index is -0.130. The summed E-state index contributed by atoms with van der Waals surface area (Å²) < 4.78 is 5.57. The molecule has 132 valence electrons. The van der Waals surface area contributed by atoms with Crippen molar-refractivity contribution >= 4 is 22.4 Å². The number of benzene rings is 2. The zero-order valence-electron chi connectivity index (χ0n) is 14.4. The number of thiazole rings is 1. The van der Waals surface area contributed by atoms with Crippen molar-refractivity contribution in [3.8, 4) is 11.3 Å². The highest BCUT2D eigenvalue weighted by Gasteiger charge is 2.18. The van der Waals surface area contributed by atoms with E-state index in [1.165, 1.54) is 11.3 Å². The summed E-state index contributed by atoms with van der Waals surface area (Å²) in [5.74, 6) is -0.130. The minimum absolute atomic E-state index is 0.00296. The standard InChI is InChI=1S/C21H20N2O2S/c1-2-13-23(20(24)15-25-14-17-9-5-3-6-10-17)21-22-19(16-26-21)18-11-7-4-8-12-18/h2-12,16H,1,13-15H2. The molecule has 0 fully saturated rings. The largest absolute Gasteiger partial charge is 0.367 e. The predicted octanol–water partition coefficient (Wildman–Crippen LogP) is 4.55. The predicted molar refractivity (Wildman–Crippen MR) is 106 cm³/mol. The van der Waals surface area contributed by atoms with E-state index < -0.39 is 0 Å². The van der Waals surface area contributed by atoms with Gasteiger partial charge in [0.05, 0.1) is 12.3 Å². The van der Waals surface area contributed by atoms with Gasteiger partial charge < -0.3 is 4.74 Å². The lowest BCUT2D eigenvalue weighted by Crippen LogP contribution is -2.34. The lowest BCUT2D eigenvalue weighted by atomic mass is 10.2. The number of hydrogen-bond donors (Lipinski definition) is 0. The van der Waals surface area contributed by atoms with Crippen LogP contribution in [-0.4, -0.2) is 24.0 Å². The molecule has 0 atom stereocenters. The van der Waals surface area contributed by atoms with Gasteiger partial charge in [-0.1, -0.05) is 66.7 Å². The van der Waals surface area contributed by atoms with Crippen molar-refractivity contribution < 1.29 is 9.53 Å². The van der Waals surface area contributed by atoms with E-state index in [4.69, 9.17) is 4.74 Å². The molecule has 26 heavy (non-hydrogen) atoms. The van der Waals surface area contributed by atoms with Crippen LogP contribution >= 0.6 is 11.3 Å². The van der Waals surface area contributed by atoms with E-state index in [0.717, 1.165) is 16.8 Å². The van der Waals surface area contributed by atoms with Crippen molar-refractivity contribution in [2.24, 2.45) is 0 Å². The average molecular weight is 364 g/mol. The molecule has 3 rings (SSSR count). The summed E-state index contributed by atoms with van der Waals surface area (Å²) in [5, 5.41) is 2.61. The van der Waals surface area contributed by atoms with Crippen LogP contribution in [0.15, 0.2) is 78.7 Å². The third-order valence-electron chi connectivity index (χ3n) is 3.74. The summed E-state index contributed by atoms with van der Waals surface area (Å²) >= 11 is 1.44. The fraction of sp³-hybridized carbons (Fsp3) is 0.143. The Kier molecular flexibility index (Phi) is 6.30. The van der Waals surface area contributed by atoms with Crippen LogP contribution in [0.1, 0.15) is 5.56 Å². The molecule has 0 unspecified atom stereocenters. The molecule has 0 radical (unpaired) electrons. The monoisotopic (exact) mass is 364 g/mol.